The molecule has 0 bridgehead atoms. The number of carbonyl (C=O) groups is 3. The van der Waals surface area contributed by atoms with E-state index in [0.29, 0.717) is 53.6 Å². The van der Waals surface area contributed by atoms with Crippen molar-refractivity contribution in [2.24, 2.45) is 68.0 Å². The highest BCUT2D eigenvalue weighted by Gasteiger charge is 2.71. The lowest BCUT2D eigenvalue weighted by Gasteiger charge is -2.73. The van der Waals surface area contributed by atoms with Gasteiger partial charge >= 0.3 is 5.97 Å². The monoisotopic (exact) mass is 720 g/mol. The van der Waals surface area contributed by atoms with Crippen molar-refractivity contribution in [3.8, 4) is 0 Å². The SMILES string of the molecule is C=C(C)OC(=O)C[C@@H]1CC[C@]2(C)[C@H](CC[C@]3(C)[C@@H]2CC[C@@H]2[C@H]4CCC[C@]4(C(=O)N[C@H]4C[C@@H](C(=O)N5CCN(CC)CC5)C4(C)C)CC[C@]23C)C1(C)C. The van der Waals surface area contributed by atoms with E-state index in [4.69, 9.17) is 4.74 Å². The highest BCUT2D eigenvalue weighted by atomic mass is 16.5. The minimum absolute atomic E-state index is 0.00516. The predicted molar refractivity (Wildman–Crippen MR) is 207 cm³/mol. The van der Waals surface area contributed by atoms with Crippen molar-refractivity contribution in [2.45, 2.75) is 152 Å². The van der Waals surface area contributed by atoms with Crippen molar-refractivity contribution in [3.05, 3.63) is 12.3 Å². The van der Waals surface area contributed by atoms with E-state index in [9.17, 15) is 14.4 Å². The van der Waals surface area contributed by atoms with Crippen LogP contribution in [0.2, 0.25) is 0 Å². The largest absolute Gasteiger partial charge is 0.432 e. The minimum atomic E-state index is -0.255. The molecule has 292 valence electrons. The number of piperazine rings is 1. The van der Waals surface area contributed by atoms with E-state index in [1.807, 2.05) is 0 Å². The number of esters is 1. The molecule has 11 atom stereocenters. The zero-order valence-electron chi connectivity index (χ0n) is 34.5. The van der Waals surface area contributed by atoms with Gasteiger partial charge in [0.2, 0.25) is 11.8 Å². The van der Waals surface area contributed by atoms with Gasteiger partial charge < -0.3 is 19.9 Å². The van der Waals surface area contributed by atoms with Crippen LogP contribution in [-0.2, 0) is 19.1 Å². The fraction of sp³-hybridized carbons (Fsp3) is 0.889. The first-order valence-corrected chi connectivity index (χ1v) is 21.5. The van der Waals surface area contributed by atoms with Crippen LogP contribution in [-0.4, -0.2) is 66.3 Å². The van der Waals surface area contributed by atoms with Crippen molar-refractivity contribution in [2.75, 3.05) is 32.7 Å². The van der Waals surface area contributed by atoms with Crippen molar-refractivity contribution in [3.63, 3.8) is 0 Å². The molecule has 1 saturated heterocycles. The number of amides is 2. The molecule has 1 heterocycles. The van der Waals surface area contributed by atoms with Gasteiger partial charge in [0.25, 0.3) is 0 Å². The number of likely N-dealkylation sites (N-methyl/N-ethyl adjacent to an activating group) is 1. The molecular formula is C45H73N3O4. The van der Waals surface area contributed by atoms with Crippen LogP contribution in [0, 0.1) is 68.0 Å². The Morgan fingerprint density at radius 1 is 0.769 bits per heavy atom. The molecule has 2 amide bonds. The summed E-state index contributed by atoms with van der Waals surface area (Å²) in [6.45, 7) is 29.7. The fourth-order valence-corrected chi connectivity index (χ4v) is 15.2. The van der Waals surface area contributed by atoms with Gasteiger partial charge in [0.15, 0.2) is 0 Å². The number of ether oxygens (including phenoxy) is 1. The summed E-state index contributed by atoms with van der Waals surface area (Å²) < 4.78 is 5.45. The van der Waals surface area contributed by atoms with Crippen LogP contribution in [0.3, 0.4) is 0 Å². The van der Waals surface area contributed by atoms with E-state index in [-0.39, 0.29) is 50.4 Å². The van der Waals surface area contributed by atoms with Crippen LogP contribution >= 0.6 is 0 Å². The summed E-state index contributed by atoms with van der Waals surface area (Å²) in [5.41, 5.74) is 0.335. The summed E-state index contributed by atoms with van der Waals surface area (Å²) in [4.78, 5) is 45.7. The van der Waals surface area contributed by atoms with Gasteiger partial charge in [0.1, 0.15) is 0 Å². The molecule has 0 aromatic heterocycles. The zero-order chi connectivity index (χ0) is 37.6. The molecule has 1 aliphatic heterocycles. The van der Waals surface area contributed by atoms with Gasteiger partial charge in [-0.2, -0.15) is 0 Å². The maximum Gasteiger partial charge on any atom is 0.311 e. The van der Waals surface area contributed by atoms with E-state index in [2.05, 4.69) is 77.1 Å². The smallest absolute Gasteiger partial charge is 0.311 e. The molecule has 6 saturated carbocycles. The average molecular weight is 720 g/mol. The molecule has 7 nitrogen and oxygen atoms in total. The van der Waals surface area contributed by atoms with Crippen molar-refractivity contribution >= 4 is 17.8 Å². The topological polar surface area (TPSA) is 78.9 Å². The molecule has 6 aliphatic carbocycles. The predicted octanol–water partition coefficient (Wildman–Crippen LogP) is 8.62. The van der Waals surface area contributed by atoms with Crippen LogP contribution in [0.25, 0.3) is 0 Å². The molecule has 52 heavy (non-hydrogen) atoms. The van der Waals surface area contributed by atoms with Gasteiger partial charge in [0, 0.05) is 44.6 Å². The Morgan fingerprint density at radius 2 is 1.48 bits per heavy atom. The molecule has 0 unspecified atom stereocenters. The summed E-state index contributed by atoms with van der Waals surface area (Å²) in [5, 5.41) is 3.64. The standard InChI is InChI=1S/C45H73N3O4/c1-11-47-23-25-48(26-24-47)38(50)33-28-36(41(33,6)7)46-39(51)45-18-12-13-32(45)31-14-15-35-42(8)19-16-30(27-37(49)52-29(2)3)40(4,5)34(42)17-20-44(35,10)43(31,9)21-22-45/h30-36H,2,11-28H2,1,3-10H3,(H,46,51)/t30-,31+,32+,33-,34+,35+,36-,42+,43+,44+,45-/m0/s1. The van der Waals surface area contributed by atoms with Crippen molar-refractivity contribution < 1.29 is 19.1 Å². The summed E-state index contributed by atoms with van der Waals surface area (Å²) in [6, 6.07) is 0.0689. The van der Waals surface area contributed by atoms with E-state index >= 15 is 0 Å². The molecule has 1 N–H and O–H groups in total. The average Bonchev–Trinajstić information content (AvgIpc) is 3.53. The normalized spacial score (nSPS) is 44.9. The molecule has 0 aromatic rings. The number of nitrogens with zero attached hydrogens (tertiary/aromatic N) is 2. The lowest BCUT2D eigenvalue weighted by molar-refractivity contribution is -0.240. The van der Waals surface area contributed by atoms with E-state index in [0.717, 1.165) is 71.2 Å². The third-order valence-corrected chi connectivity index (χ3v) is 18.8. The lowest BCUT2D eigenvalue weighted by atomic mass is 9.32. The van der Waals surface area contributed by atoms with Gasteiger partial charge in [-0.25, -0.2) is 0 Å². The number of allylic oxidation sites excluding steroid dienone is 1. The Hall–Kier alpha value is -1.89. The summed E-state index contributed by atoms with van der Waals surface area (Å²) in [5.74, 6) is 3.61. The number of rotatable bonds is 7. The molecule has 0 spiro atoms. The highest BCUT2D eigenvalue weighted by molar-refractivity contribution is 5.86. The third kappa shape index (κ3) is 5.60. The summed E-state index contributed by atoms with van der Waals surface area (Å²) in [6.07, 6.45) is 14.1. The molecule has 0 aromatic carbocycles. The third-order valence-electron chi connectivity index (χ3n) is 18.8. The van der Waals surface area contributed by atoms with Gasteiger partial charge in [-0.3, -0.25) is 14.4 Å². The molecule has 7 aliphatic rings. The lowest BCUT2D eigenvalue weighted by Crippen LogP contribution is -2.68. The first-order valence-electron chi connectivity index (χ1n) is 21.5. The number of fused-ring (bicyclic) bond motifs is 7. The number of hydrogen-bond donors (Lipinski definition) is 1. The Morgan fingerprint density at radius 3 is 2.13 bits per heavy atom. The quantitative estimate of drug-likeness (QED) is 0.211. The van der Waals surface area contributed by atoms with Gasteiger partial charge in [-0.15, -0.1) is 0 Å². The van der Waals surface area contributed by atoms with E-state index < -0.39 is 0 Å². The number of nitrogens with one attached hydrogen (secondary N) is 1. The van der Waals surface area contributed by atoms with Crippen LogP contribution in [0.5, 0.6) is 0 Å². The first-order chi connectivity index (χ1) is 24.3. The Balaban J connectivity index is 1.04. The van der Waals surface area contributed by atoms with E-state index in [1.165, 1.54) is 38.5 Å². The van der Waals surface area contributed by atoms with Crippen LogP contribution in [0.15, 0.2) is 12.3 Å². The van der Waals surface area contributed by atoms with Gasteiger partial charge in [-0.05, 0) is 141 Å². The molecule has 7 heteroatoms. The molecule has 7 fully saturated rings. The summed E-state index contributed by atoms with van der Waals surface area (Å²) in [7, 11) is 0. The Bertz CT molecular complexity index is 1450. The van der Waals surface area contributed by atoms with Crippen LogP contribution in [0.1, 0.15) is 146 Å². The van der Waals surface area contributed by atoms with Crippen molar-refractivity contribution in [1.29, 1.82) is 0 Å². The number of carbonyl (C=O) groups excluding carboxylic acids is 3. The van der Waals surface area contributed by atoms with Gasteiger partial charge in [-0.1, -0.05) is 68.4 Å². The van der Waals surface area contributed by atoms with E-state index in [1.54, 1.807) is 6.92 Å². The van der Waals surface area contributed by atoms with Gasteiger partial charge in [0.05, 0.1) is 11.2 Å². The zero-order valence-corrected chi connectivity index (χ0v) is 34.5. The fourth-order valence-electron chi connectivity index (χ4n) is 15.2. The van der Waals surface area contributed by atoms with Crippen molar-refractivity contribution in [1.82, 2.24) is 15.1 Å². The maximum absolute atomic E-state index is 14.7. The molecular weight excluding hydrogens is 647 g/mol. The minimum Gasteiger partial charge on any atom is -0.432 e. The highest BCUT2D eigenvalue weighted by Crippen LogP contribution is 2.77. The first kappa shape index (κ1) is 38.4. The number of hydrogen-bond acceptors (Lipinski definition) is 5. The Labute approximate surface area is 316 Å². The summed E-state index contributed by atoms with van der Waals surface area (Å²) >= 11 is 0. The Kier molecular flexibility index (Phi) is 9.68. The molecule has 7 rings (SSSR count). The van der Waals surface area contributed by atoms with Crippen LogP contribution in [0.4, 0.5) is 0 Å². The second kappa shape index (κ2) is 13.1. The van der Waals surface area contributed by atoms with Crippen LogP contribution < -0.4 is 5.32 Å². The second-order valence-corrected chi connectivity index (χ2v) is 21.2. The molecule has 0 radical (unpaired) electrons. The second-order valence-electron chi connectivity index (χ2n) is 21.2. The maximum atomic E-state index is 14.7.